The minimum atomic E-state index is 1.07. The first kappa shape index (κ1) is 7.33. The summed E-state index contributed by atoms with van der Waals surface area (Å²) in [6, 6.07) is 0. The maximum Gasteiger partial charge on any atom is -0.0133 e. The Morgan fingerprint density at radius 1 is 1.50 bits per heavy atom. The molecule has 10 heavy (non-hydrogen) atoms. The summed E-state index contributed by atoms with van der Waals surface area (Å²) in [6.07, 6.45) is 9.81. The Balaban J connectivity index is 2.61. The largest absolute Gasteiger partial charge is 0.103 e. The second kappa shape index (κ2) is 3.40. The van der Waals surface area contributed by atoms with E-state index in [9.17, 15) is 0 Å². The Morgan fingerprint density at radius 2 is 2.20 bits per heavy atom. The Labute approximate surface area is 62.9 Å². The van der Waals surface area contributed by atoms with E-state index in [0.717, 1.165) is 19.3 Å². The van der Waals surface area contributed by atoms with Gasteiger partial charge in [-0.2, -0.15) is 0 Å². The van der Waals surface area contributed by atoms with Crippen molar-refractivity contribution in [3.63, 3.8) is 0 Å². The van der Waals surface area contributed by atoms with E-state index in [1.165, 1.54) is 5.57 Å². The lowest BCUT2D eigenvalue weighted by atomic mass is 9.96. The van der Waals surface area contributed by atoms with Gasteiger partial charge in [0.25, 0.3) is 0 Å². The van der Waals surface area contributed by atoms with E-state index in [1.54, 1.807) is 5.57 Å². The van der Waals surface area contributed by atoms with E-state index < -0.39 is 0 Å². The molecule has 0 saturated carbocycles. The fraction of sp³-hybridized carbons (Fsp3) is 0.400. The summed E-state index contributed by atoms with van der Waals surface area (Å²) in [4.78, 5) is 0. The molecule has 0 saturated heterocycles. The van der Waals surface area contributed by atoms with Gasteiger partial charge in [-0.3, -0.25) is 0 Å². The summed E-state index contributed by atoms with van der Waals surface area (Å²) in [5.41, 5.74) is 3.08. The average molecular weight is 134 g/mol. The predicted molar refractivity (Wildman–Crippen MR) is 45.9 cm³/mol. The standard InChI is InChI=1S/C10H14/c1-3-6-10-8-5-4-7-9(10)2/h3-5H,1,6-8H2,2H3. The highest BCUT2D eigenvalue weighted by molar-refractivity contribution is 5.23. The van der Waals surface area contributed by atoms with E-state index in [0.29, 0.717) is 0 Å². The van der Waals surface area contributed by atoms with Crippen LogP contribution in [-0.2, 0) is 0 Å². The van der Waals surface area contributed by atoms with Gasteiger partial charge in [0.1, 0.15) is 0 Å². The Hall–Kier alpha value is -0.780. The molecule has 0 aliphatic heterocycles. The van der Waals surface area contributed by atoms with Crippen molar-refractivity contribution in [1.29, 1.82) is 0 Å². The maximum absolute atomic E-state index is 3.73. The van der Waals surface area contributed by atoms with Crippen LogP contribution in [0.5, 0.6) is 0 Å². The van der Waals surface area contributed by atoms with Gasteiger partial charge < -0.3 is 0 Å². The predicted octanol–water partition coefficient (Wildman–Crippen LogP) is 3.23. The van der Waals surface area contributed by atoms with Gasteiger partial charge in [0, 0.05) is 0 Å². The van der Waals surface area contributed by atoms with Gasteiger partial charge in [-0.05, 0) is 26.2 Å². The molecule has 1 aliphatic rings. The molecule has 0 radical (unpaired) electrons. The molecule has 0 spiro atoms. The Morgan fingerprint density at radius 3 is 2.80 bits per heavy atom. The van der Waals surface area contributed by atoms with Crippen LogP contribution in [0.1, 0.15) is 26.2 Å². The molecule has 0 unspecified atom stereocenters. The topological polar surface area (TPSA) is 0 Å². The van der Waals surface area contributed by atoms with Crippen molar-refractivity contribution in [3.05, 3.63) is 36.0 Å². The molecule has 54 valence electrons. The van der Waals surface area contributed by atoms with Crippen LogP contribution in [-0.4, -0.2) is 0 Å². The molecule has 0 aromatic carbocycles. The van der Waals surface area contributed by atoms with Crippen LogP contribution >= 0.6 is 0 Å². The van der Waals surface area contributed by atoms with E-state index >= 15 is 0 Å². The van der Waals surface area contributed by atoms with Gasteiger partial charge in [-0.1, -0.05) is 29.4 Å². The van der Waals surface area contributed by atoms with Crippen LogP contribution in [0.3, 0.4) is 0 Å². The molecule has 0 heterocycles. The molecular weight excluding hydrogens is 120 g/mol. The smallest absolute Gasteiger partial charge is 0.0133 e. The summed E-state index contributed by atoms with van der Waals surface area (Å²) < 4.78 is 0. The minimum Gasteiger partial charge on any atom is -0.103 e. The van der Waals surface area contributed by atoms with Crippen LogP contribution in [0.25, 0.3) is 0 Å². The van der Waals surface area contributed by atoms with E-state index in [1.807, 2.05) is 6.08 Å². The van der Waals surface area contributed by atoms with Gasteiger partial charge in [0.05, 0.1) is 0 Å². The van der Waals surface area contributed by atoms with Gasteiger partial charge in [-0.15, -0.1) is 6.58 Å². The van der Waals surface area contributed by atoms with Crippen LogP contribution in [0, 0.1) is 0 Å². The third-order valence-electron chi connectivity index (χ3n) is 1.95. The second-order valence-electron chi connectivity index (χ2n) is 2.76. The third-order valence-corrected chi connectivity index (χ3v) is 1.95. The first-order valence-electron chi connectivity index (χ1n) is 3.78. The van der Waals surface area contributed by atoms with Crippen molar-refractivity contribution >= 4 is 0 Å². The van der Waals surface area contributed by atoms with Crippen molar-refractivity contribution < 1.29 is 0 Å². The SMILES string of the molecule is C=CCC1=C(C)CC=CC1. The first-order valence-corrected chi connectivity index (χ1v) is 3.78. The van der Waals surface area contributed by atoms with Crippen LogP contribution in [0.4, 0.5) is 0 Å². The molecule has 0 nitrogen and oxygen atoms in total. The molecule has 0 amide bonds. The van der Waals surface area contributed by atoms with Gasteiger partial charge in [0.15, 0.2) is 0 Å². The molecule has 0 heteroatoms. The van der Waals surface area contributed by atoms with Gasteiger partial charge in [0.2, 0.25) is 0 Å². The molecular formula is C10H14. The van der Waals surface area contributed by atoms with Crippen molar-refractivity contribution in [2.24, 2.45) is 0 Å². The number of allylic oxidation sites excluding steroid dienone is 5. The van der Waals surface area contributed by atoms with Crippen LogP contribution in [0.2, 0.25) is 0 Å². The molecule has 0 fully saturated rings. The Bertz CT molecular complexity index is 178. The number of rotatable bonds is 2. The molecule has 0 aromatic rings. The van der Waals surface area contributed by atoms with Crippen LogP contribution < -0.4 is 0 Å². The summed E-state index contributed by atoms with van der Waals surface area (Å²) in [7, 11) is 0. The van der Waals surface area contributed by atoms with Crippen molar-refractivity contribution in [1.82, 2.24) is 0 Å². The summed E-state index contributed by atoms with van der Waals surface area (Å²) in [6.45, 7) is 5.94. The Kier molecular flexibility index (Phi) is 2.49. The molecule has 1 aliphatic carbocycles. The zero-order valence-electron chi connectivity index (χ0n) is 6.56. The highest BCUT2D eigenvalue weighted by Crippen LogP contribution is 2.21. The summed E-state index contributed by atoms with van der Waals surface area (Å²) in [5, 5.41) is 0. The lowest BCUT2D eigenvalue weighted by Crippen LogP contribution is -1.90. The molecule has 0 atom stereocenters. The lowest BCUT2D eigenvalue weighted by molar-refractivity contribution is 0.983. The zero-order chi connectivity index (χ0) is 7.40. The monoisotopic (exact) mass is 134 g/mol. The molecule has 1 rings (SSSR count). The normalized spacial score (nSPS) is 17.7. The van der Waals surface area contributed by atoms with E-state index in [-0.39, 0.29) is 0 Å². The van der Waals surface area contributed by atoms with E-state index in [4.69, 9.17) is 0 Å². The highest BCUT2D eigenvalue weighted by Gasteiger charge is 2.01. The van der Waals surface area contributed by atoms with Crippen molar-refractivity contribution in [3.8, 4) is 0 Å². The fourth-order valence-electron chi connectivity index (χ4n) is 1.24. The van der Waals surface area contributed by atoms with Gasteiger partial charge >= 0.3 is 0 Å². The minimum absolute atomic E-state index is 1.07. The lowest BCUT2D eigenvalue weighted by Gasteiger charge is -2.10. The quantitative estimate of drug-likeness (QED) is 0.509. The first-order chi connectivity index (χ1) is 4.84. The highest BCUT2D eigenvalue weighted by atomic mass is 14.1. The number of hydrogen-bond donors (Lipinski definition) is 0. The second-order valence-corrected chi connectivity index (χ2v) is 2.76. The molecule has 0 aromatic heterocycles. The molecule has 0 N–H and O–H groups in total. The third kappa shape index (κ3) is 1.60. The van der Waals surface area contributed by atoms with Gasteiger partial charge in [-0.25, -0.2) is 0 Å². The number of hydrogen-bond acceptors (Lipinski definition) is 0. The summed E-state index contributed by atoms with van der Waals surface area (Å²) in [5.74, 6) is 0. The van der Waals surface area contributed by atoms with E-state index in [2.05, 4.69) is 25.7 Å². The molecule has 0 bridgehead atoms. The zero-order valence-corrected chi connectivity index (χ0v) is 6.56. The van der Waals surface area contributed by atoms with Crippen molar-refractivity contribution in [2.45, 2.75) is 26.2 Å². The summed E-state index contributed by atoms with van der Waals surface area (Å²) >= 11 is 0. The van der Waals surface area contributed by atoms with Crippen LogP contribution in [0.15, 0.2) is 36.0 Å². The average Bonchev–Trinajstić information content (AvgIpc) is 1.94. The van der Waals surface area contributed by atoms with Crippen molar-refractivity contribution in [2.75, 3.05) is 0 Å². The maximum atomic E-state index is 3.73. The fourth-order valence-corrected chi connectivity index (χ4v) is 1.24.